The van der Waals surface area contributed by atoms with Gasteiger partial charge in [0.2, 0.25) is 5.89 Å². The van der Waals surface area contributed by atoms with Crippen molar-refractivity contribution in [1.82, 2.24) is 4.98 Å². The van der Waals surface area contributed by atoms with E-state index in [1.54, 1.807) is 0 Å². The molecule has 2 heteroatoms. The predicted octanol–water partition coefficient (Wildman–Crippen LogP) is 3.92. The van der Waals surface area contributed by atoms with Crippen LogP contribution in [0.4, 0.5) is 0 Å². The minimum absolute atomic E-state index is 0.632. The Kier molecular flexibility index (Phi) is 2.69. The Morgan fingerprint density at radius 2 is 1.83 bits per heavy atom. The van der Waals surface area contributed by atoms with Crippen LogP contribution in [0.3, 0.4) is 0 Å². The minimum Gasteiger partial charge on any atom is -0.436 e. The number of aryl methyl sites for hydroxylation is 1. The number of aromatic nitrogens is 1. The van der Waals surface area contributed by atoms with Gasteiger partial charge >= 0.3 is 0 Å². The van der Waals surface area contributed by atoms with Crippen molar-refractivity contribution >= 4 is 0 Å². The number of nitrogens with zero attached hydrogens (tertiary/aromatic N) is 1. The molecular weight excluding hydrogens is 222 g/mol. The molecule has 0 aliphatic rings. The lowest BCUT2D eigenvalue weighted by atomic mass is 10.1. The first-order valence-electron chi connectivity index (χ1n) is 5.75. The topological polar surface area (TPSA) is 26.0 Å². The number of oxazole rings is 1. The van der Waals surface area contributed by atoms with Crippen LogP contribution >= 0.6 is 0 Å². The van der Waals surface area contributed by atoms with Crippen LogP contribution in [0, 0.1) is 19.1 Å². The van der Waals surface area contributed by atoms with Crippen LogP contribution in [0.15, 0.2) is 52.9 Å². The maximum Gasteiger partial charge on any atom is 0.227 e. The monoisotopic (exact) mass is 233 g/mol. The molecule has 0 saturated heterocycles. The van der Waals surface area contributed by atoms with Crippen LogP contribution in [0.2, 0.25) is 0 Å². The fourth-order valence-corrected chi connectivity index (χ4v) is 1.85. The van der Waals surface area contributed by atoms with Crippen molar-refractivity contribution in [3.05, 3.63) is 66.4 Å². The molecule has 0 atom stereocenters. The number of hydrogen-bond acceptors (Lipinski definition) is 2. The molecule has 0 spiro atoms. The third-order valence-corrected chi connectivity index (χ3v) is 2.73. The van der Waals surface area contributed by atoms with Crippen LogP contribution < -0.4 is 0 Å². The molecule has 0 aliphatic carbocycles. The molecule has 2 nitrogen and oxygen atoms in total. The van der Waals surface area contributed by atoms with E-state index in [1.165, 1.54) is 0 Å². The molecule has 86 valence electrons. The molecule has 0 bridgehead atoms. The summed E-state index contributed by atoms with van der Waals surface area (Å²) in [4.78, 5) is 4.46. The molecule has 3 rings (SSSR count). The molecule has 0 fully saturated rings. The predicted molar refractivity (Wildman–Crippen MR) is 69.8 cm³/mol. The van der Waals surface area contributed by atoms with E-state index in [-0.39, 0.29) is 0 Å². The number of benzene rings is 2. The van der Waals surface area contributed by atoms with E-state index < -0.39 is 0 Å². The Bertz CT molecular complexity index is 641. The fourth-order valence-electron chi connectivity index (χ4n) is 1.85. The first-order valence-corrected chi connectivity index (χ1v) is 5.75. The lowest BCUT2D eigenvalue weighted by molar-refractivity contribution is 0.588. The van der Waals surface area contributed by atoms with Gasteiger partial charge in [-0.05, 0) is 31.2 Å². The highest BCUT2D eigenvalue weighted by atomic mass is 16.4. The van der Waals surface area contributed by atoms with E-state index in [0.717, 1.165) is 22.6 Å². The molecule has 0 aliphatic heterocycles. The third kappa shape index (κ3) is 1.93. The summed E-state index contributed by atoms with van der Waals surface area (Å²) in [5.74, 6) is 1.44. The first-order chi connectivity index (χ1) is 8.84. The van der Waals surface area contributed by atoms with Crippen LogP contribution in [-0.2, 0) is 0 Å². The van der Waals surface area contributed by atoms with Gasteiger partial charge in [0.25, 0.3) is 0 Å². The normalized spacial score (nSPS) is 10.5. The van der Waals surface area contributed by atoms with Crippen molar-refractivity contribution in [1.29, 1.82) is 0 Å². The smallest absolute Gasteiger partial charge is 0.227 e. The molecule has 3 aromatic rings. The first kappa shape index (κ1) is 10.8. The second-order valence-electron chi connectivity index (χ2n) is 4.01. The van der Waals surface area contributed by atoms with Gasteiger partial charge in [-0.25, -0.2) is 4.98 Å². The Balaban J connectivity index is 2.07. The molecule has 0 amide bonds. The lowest BCUT2D eigenvalue weighted by Crippen LogP contribution is -1.77. The average molecular weight is 233 g/mol. The molecule has 0 N–H and O–H groups in total. The average Bonchev–Trinajstić information content (AvgIpc) is 2.83. The Morgan fingerprint density at radius 1 is 1.00 bits per heavy atom. The second-order valence-corrected chi connectivity index (χ2v) is 4.01. The number of hydrogen-bond donors (Lipinski definition) is 0. The van der Waals surface area contributed by atoms with E-state index in [9.17, 15) is 0 Å². The summed E-state index contributed by atoms with van der Waals surface area (Å²) in [5.41, 5.74) is 2.85. The van der Waals surface area contributed by atoms with Gasteiger partial charge in [-0.3, -0.25) is 0 Å². The van der Waals surface area contributed by atoms with E-state index in [0.29, 0.717) is 5.89 Å². The summed E-state index contributed by atoms with van der Waals surface area (Å²) in [7, 11) is 0. The van der Waals surface area contributed by atoms with Gasteiger partial charge in [-0.1, -0.05) is 36.4 Å². The molecule has 0 saturated carbocycles. The fraction of sp³-hybridized carbons (Fsp3) is 0.0625. The van der Waals surface area contributed by atoms with E-state index in [2.05, 4.69) is 17.1 Å². The summed E-state index contributed by atoms with van der Waals surface area (Å²) in [6, 6.07) is 21.3. The summed E-state index contributed by atoms with van der Waals surface area (Å²) in [6.45, 7) is 1.95. The van der Waals surface area contributed by atoms with E-state index in [4.69, 9.17) is 4.42 Å². The van der Waals surface area contributed by atoms with Crippen molar-refractivity contribution in [2.24, 2.45) is 0 Å². The Hall–Kier alpha value is -2.35. The highest BCUT2D eigenvalue weighted by molar-refractivity contribution is 5.63. The third-order valence-electron chi connectivity index (χ3n) is 2.73. The van der Waals surface area contributed by atoms with Gasteiger partial charge < -0.3 is 4.42 Å². The largest absolute Gasteiger partial charge is 0.436 e. The minimum atomic E-state index is 0.632. The summed E-state index contributed by atoms with van der Waals surface area (Å²) < 4.78 is 5.84. The Morgan fingerprint density at radius 3 is 2.56 bits per heavy atom. The van der Waals surface area contributed by atoms with Crippen LogP contribution in [0.1, 0.15) is 5.69 Å². The van der Waals surface area contributed by atoms with Crippen molar-refractivity contribution in [3.63, 3.8) is 0 Å². The zero-order chi connectivity index (χ0) is 12.4. The molecule has 0 unspecified atom stereocenters. The van der Waals surface area contributed by atoms with Crippen molar-refractivity contribution in [2.75, 3.05) is 0 Å². The molecule has 1 heterocycles. The second kappa shape index (κ2) is 4.49. The molecular formula is C16H11NO. The summed E-state index contributed by atoms with van der Waals surface area (Å²) in [6.07, 6.45) is 0. The van der Waals surface area contributed by atoms with Crippen LogP contribution in [0.25, 0.3) is 22.8 Å². The molecule has 18 heavy (non-hydrogen) atoms. The van der Waals surface area contributed by atoms with Gasteiger partial charge in [0.15, 0.2) is 5.76 Å². The molecule has 2 radical (unpaired) electrons. The summed E-state index contributed by atoms with van der Waals surface area (Å²) in [5, 5.41) is 0. The summed E-state index contributed by atoms with van der Waals surface area (Å²) >= 11 is 0. The van der Waals surface area contributed by atoms with Crippen LogP contribution in [-0.4, -0.2) is 4.98 Å². The maximum absolute atomic E-state index is 5.84. The SMILES string of the molecule is Cc1nc(-c2c[c]ccc2)oc1-c1cc[c]cc1. The zero-order valence-corrected chi connectivity index (χ0v) is 9.97. The molecule has 2 aromatic carbocycles. The maximum atomic E-state index is 5.84. The van der Waals surface area contributed by atoms with Gasteiger partial charge in [-0.15, -0.1) is 0 Å². The van der Waals surface area contributed by atoms with Crippen molar-refractivity contribution in [2.45, 2.75) is 6.92 Å². The molecule has 1 aromatic heterocycles. The zero-order valence-electron chi connectivity index (χ0n) is 9.97. The van der Waals surface area contributed by atoms with Crippen LogP contribution in [0.5, 0.6) is 0 Å². The van der Waals surface area contributed by atoms with Crippen molar-refractivity contribution in [3.8, 4) is 22.8 Å². The van der Waals surface area contributed by atoms with E-state index >= 15 is 0 Å². The lowest BCUT2D eigenvalue weighted by Gasteiger charge is -1.96. The Labute approximate surface area is 106 Å². The van der Waals surface area contributed by atoms with Gasteiger partial charge in [0.05, 0.1) is 5.69 Å². The number of rotatable bonds is 2. The van der Waals surface area contributed by atoms with Crippen molar-refractivity contribution < 1.29 is 4.42 Å². The van der Waals surface area contributed by atoms with Gasteiger partial charge in [-0.2, -0.15) is 0 Å². The highest BCUT2D eigenvalue weighted by Crippen LogP contribution is 2.28. The van der Waals surface area contributed by atoms with Gasteiger partial charge in [0, 0.05) is 11.1 Å². The van der Waals surface area contributed by atoms with Gasteiger partial charge in [0.1, 0.15) is 0 Å². The quantitative estimate of drug-likeness (QED) is 0.670. The highest BCUT2D eigenvalue weighted by Gasteiger charge is 2.12. The standard InChI is InChI=1S/C16H11NO/c1-12-15(13-8-4-2-5-9-13)18-16(17-12)14-10-6-3-7-11-14/h3-6,8-11H,1H3. The van der Waals surface area contributed by atoms with E-state index in [1.807, 2.05) is 55.5 Å².